The Bertz CT molecular complexity index is 2830. The zero-order chi connectivity index (χ0) is 32.3. The number of benzene rings is 8. The second-order valence-corrected chi connectivity index (χ2v) is 13.6. The molecule has 0 spiro atoms. The first kappa shape index (κ1) is 27.9. The van der Waals surface area contributed by atoms with E-state index in [0.29, 0.717) is 0 Å². The van der Waals surface area contributed by atoms with Gasteiger partial charge in [-0.15, -0.1) is 11.3 Å². The molecule has 0 aliphatic carbocycles. The summed E-state index contributed by atoms with van der Waals surface area (Å²) >= 11 is 1.86. The van der Waals surface area contributed by atoms with Crippen LogP contribution < -0.4 is 4.90 Å². The molecule has 0 bridgehead atoms. The first-order valence-electron chi connectivity index (χ1n) is 16.6. The molecule has 10 rings (SSSR count). The van der Waals surface area contributed by atoms with Crippen LogP contribution in [0.5, 0.6) is 0 Å². The van der Waals surface area contributed by atoms with Crippen LogP contribution in [0.25, 0.3) is 75.1 Å². The molecule has 0 unspecified atom stereocenters. The molecule has 0 radical (unpaired) electrons. The number of thiophene rings is 1. The summed E-state index contributed by atoms with van der Waals surface area (Å²) < 4.78 is 8.88. The molecule has 0 amide bonds. The molecule has 0 aliphatic rings. The highest BCUT2D eigenvalue weighted by Crippen LogP contribution is 2.44. The zero-order valence-electron chi connectivity index (χ0n) is 26.5. The van der Waals surface area contributed by atoms with Crippen LogP contribution in [0.4, 0.5) is 17.1 Å². The topological polar surface area (TPSA) is 16.4 Å². The summed E-state index contributed by atoms with van der Waals surface area (Å²) in [6, 6.07) is 63.4. The molecule has 10 aromatic rings. The highest BCUT2D eigenvalue weighted by molar-refractivity contribution is 7.25. The van der Waals surface area contributed by atoms with E-state index in [1.54, 1.807) is 0 Å². The lowest BCUT2D eigenvalue weighted by molar-refractivity contribution is 0.669. The van der Waals surface area contributed by atoms with Gasteiger partial charge in [0.15, 0.2) is 0 Å². The average molecular weight is 644 g/mol. The van der Waals surface area contributed by atoms with Crippen LogP contribution in [-0.4, -0.2) is 0 Å². The van der Waals surface area contributed by atoms with Gasteiger partial charge in [-0.1, -0.05) is 109 Å². The highest BCUT2D eigenvalue weighted by atomic mass is 32.1. The quantitative estimate of drug-likeness (QED) is 0.186. The molecule has 2 nitrogen and oxygen atoms in total. The number of fused-ring (bicyclic) bond motifs is 7. The van der Waals surface area contributed by atoms with Crippen LogP contribution in [0, 0.1) is 0 Å². The third kappa shape index (κ3) is 4.70. The van der Waals surface area contributed by atoms with Gasteiger partial charge in [-0.2, -0.15) is 0 Å². The standard InChI is InChI=1S/C46H29NOS/c1-3-11-30(12-4-1)37-23-21-35(28-40(37)31-13-5-2-6-14-31)47(36-22-24-44-41(29-36)38-15-7-9-17-43(38)48-44)34-20-19-32-26-42-39-16-8-10-18-45(39)49-46(42)27-33(32)25-34/h1-29H. The second kappa shape index (κ2) is 11.2. The predicted octanol–water partition coefficient (Wildman–Crippen LogP) is 13.9. The molecule has 0 atom stereocenters. The molecular formula is C46H29NOS. The molecule has 49 heavy (non-hydrogen) atoms. The van der Waals surface area contributed by atoms with Crippen molar-refractivity contribution in [3.05, 3.63) is 176 Å². The summed E-state index contributed by atoms with van der Waals surface area (Å²) in [5.74, 6) is 0. The second-order valence-electron chi connectivity index (χ2n) is 12.6. The summed E-state index contributed by atoms with van der Waals surface area (Å²) in [5, 5.41) is 7.33. The van der Waals surface area contributed by atoms with Gasteiger partial charge in [0.25, 0.3) is 0 Å². The van der Waals surface area contributed by atoms with Crippen molar-refractivity contribution in [1.82, 2.24) is 0 Å². The Kier molecular flexibility index (Phi) is 6.39. The van der Waals surface area contributed by atoms with Crippen LogP contribution in [0.3, 0.4) is 0 Å². The molecule has 0 aliphatic heterocycles. The molecule has 230 valence electrons. The fourth-order valence-corrected chi connectivity index (χ4v) is 8.43. The van der Waals surface area contributed by atoms with Gasteiger partial charge in [0.2, 0.25) is 0 Å². The summed E-state index contributed by atoms with van der Waals surface area (Å²) in [6.45, 7) is 0. The smallest absolute Gasteiger partial charge is 0.135 e. The first-order valence-corrected chi connectivity index (χ1v) is 17.4. The molecule has 0 fully saturated rings. The van der Waals surface area contributed by atoms with Crippen molar-refractivity contribution in [1.29, 1.82) is 0 Å². The number of anilines is 3. The maximum atomic E-state index is 6.25. The van der Waals surface area contributed by atoms with Crippen LogP contribution in [0.15, 0.2) is 180 Å². The van der Waals surface area contributed by atoms with Gasteiger partial charge in [-0.3, -0.25) is 0 Å². The highest BCUT2D eigenvalue weighted by Gasteiger charge is 2.19. The van der Waals surface area contributed by atoms with Crippen LogP contribution >= 0.6 is 11.3 Å². The summed E-state index contributed by atoms with van der Waals surface area (Å²) in [6.07, 6.45) is 0. The maximum absolute atomic E-state index is 6.25. The van der Waals surface area contributed by atoms with E-state index in [0.717, 1.165) is 39.0 Å². The van der Waals surface area contributed by atoms with Gasteiger partial charge >= 0.3 is 0 Å². The van der Waals surface area contributed by atoms with Crippen molar-refractivity contribution >= 4 is 81.3 Å². The normalized spacial score (nSPS) is 11.7. The molecular weight excluding hydrogens is 615 g/mol. The van der Waals surface area contributed by atoms with Crippen LogP contribution in [-0.2, 0) is 0 Å². The van der Waals surface area contributed by atoms with Gasteiger partial charge in [0.05, 0.1) is 0 Å². The van der Waals surface area contributed by atoms with Gasteiger partial charge in [-0.25, -0.2) is 0 Å². The average Bonchev–Trinajstić information content (AvgIpc) is 3.72. The van der Waals surface area contributed by atoms with Crippen molar-refractivity contribution < 1.29 is 4.42 Å². The number of rotatable bonds is 5. The maximum Gasteiger partial charge on any atom is 0.135 e. The van der Waals surface area contributed by atoms with E-state index in [1.807, 2.05) is 23.5 Å². The van der Waals surface area contributed by atoms with E-state index in [1.165, 1.54) is 53.2 Å². The van der Waals surface area contributed by atoms with E-state index in [-0.39, 0.29) is 0 Å². The Morgan fingerprint density at radius 1 is 0.367 bits per heavy atom. The van der Waals surface area contributed by atoms with Gasteiger partial charge in [0, 0.05) is 48.0 Å². The first-order chi connectivity index (χ1) is 24.3. The molecule has 8 aromatic carbocycles. The molecule has 3 heteroatoms. The summed E-state index contributed by atoms with van der Waals surface area (Å²) in [7, 11) is 0. The number of furan rings is 1. The van der Waals surface area contributed by atoms with Crippen molar-refractivity contribution in [3.63, 3.8) is 0 Å². The largest absolute Gasteiger partial charge is 0.456 e. The molecule has 0 saturated carbocycles. The fourth-order valence-electron chi connectivity index (χ4n) is 7.29. The molecule has 0 N–H and O–H groups in total. The minimum atomic E-state index is 0.889. The minimum Gasteiger partial charge on any atom is -0.456 e. The monoisotopic (exact) mass is 643 g/mol. The third-order valence-electron chi connectivity index (χ3n) is 9.63. The van der Waals surface area contributed by atoms with Gasteiger partial charge in [0.1, 0.15) is 11.2 Å². The van der Waals surface area contributed by atoms with Crippen LogP contribution in [0.2, 0.25) is 0 Å². The summed E-state index contributed by atoms with van der Waals surface area (Å²) in [5.41, 5.74) is 9.84. The van der Waals surface area contributed by atoms with Crippen molar-refractivity contribution in [2.24, 2.45) is 0 Å². The number of nitrogens with zero attached hydrogens (tertiary/aromatic N) is 1. The third-order valence-corrected chi connectivity index (χ3v) is 10.8. The lowest BCUT2D eigenvalue weighted by atomic mass is 9.93. The lowest BCUT2D eigenvalue weighted by Crippen LogP contribution is -2.10. The lowest BCUT2D eigenvalue weighted by Gasteiger charge is -2.27. The van der Waals surface area contributed by atoms with Crippen molar-refractivity contribution in [3.8, 4) is 22.3 Å². The minimum absolute atomic E-state index is 0.889. The Labute approximate surface area is 287 Å². The van der Waals surface area contributed by atoms with E-state index < -0.39 is 0 Å². The molecule has 2 heterocycles. The van der Waals surface area contributed by atoms with E-state index in [2.05, 4.69) is 169 Å². The number of hydrogen-bond donors (Lipinski definition) is 0. The van der Waals surface area contributed by atoms with Crippen molar-refractivity contribution in [2.45, 2.75) is 0 Å². The van der Waals surface area contributed by atoms with Gasteiger partial charge < -0.3 is 9.32 Å². The van der Waals surface area contributed by atoms with Gasteiger partial charge in [-0.05, 0) is 99.8 Å². The SMILES string of the molecule is c1ccc(-c2ccc(N(c3ccc4cc5c(cc4c3)sc3ccccc35)c3ccc4oc5ccccc5c4c3)cc2-c2ccccc2)cc1. The number of hydrogen-bond acceptors (Lipinski definition) is 3. The molecule has 0 saturated heterocycles. The van der Waals surface area contributed by atoms with E-state index in [4.69, 9.17) is 4.42 Å². The van der Waals surface area contributed by atoms with Crippen molar-refractivity contribution in [2.75, 3.05) is 4.90 Å². The zero-order valence-corrected chi connectivity index (χ0v) is 27.3. The Morgan fingerprint density at radius 3 is 1.84 bits per heavy atom. The number of para-hydroxylation sites is 1. The van der Waals surface area contributed by atoms with Crippen LogP contribution in [0.1, 0.15) is 0 Å². The van der Waals surface area contributed by atoms with E-state index >= 15 is 0 Å². The van der Waals surface area contributed by atoms with E-state index in [9.17, 15) is 0 Å². The summed E-state index contributed by atoms with van der Waals surface area (Å²) in [4.78, 5) is 2.39. The fraction of sp³-hybridized carbons (Fsp3) is 0. The Balaban J connectivity index is 1.21. The Hall–Kier alpha value is -6.16. The predicted molar refractivity (Wildman–Crippen MR) is 210 cm³/mol. The molecule has 2 aromatic heterocycles. The Morgan fingerprint density at radius 2 is 1.00 bits per heavy atom.